The van der Waals surface area contributed by atoms with Gasteiger partial charge in [-0.1, -0.05) is 66.7 Å². The Morgan fingerprint density at radius 1 is 0.667 bits per heavy atom. The summed E-state index contributed by atoms with van der Waals surface area (Å²) < 4.78 is 53.8. The van der Waals surface area contributed by atoms with E-state index in [2.05, 4.69) is 40.2 Å². The van der Waals surface area contributed by atoms with Gasteiger partial charge in [-0.25, -0.2) is 0 Å². The first-order valence-corrected chi connectivity index (χ1v) is 13.4. The van der Waals surface area contributed by atoms with Gasteiger partial charge in [-0.2, -0.15) is 5.26 Å². The first-order valence-electron chi connectivity index (χ1n) is 16.4. The second kappa shape index (κ2) is 10.4. The molecule has 0 saturated heterocycles. The van der Waals surface area contributed by atoms with Crippen molar-refractivity contribution < 1.29 is 12.6 Å². The Labute approximate surface area is 253 Å². The fraction of sp³-hybridized carbons (Fsp3) is 0.0526. The zero-order valence-electron chi connectivity index (χ0n) is 28.4. The Morgan fingerprint density at radius 3 is 2.00 bits per heavy atom. The van der Waals surface area contributed by atoms with Gasteiger partial charge in [0, 0.05) is 53.4 Å². The quantitative estimate of drug-likeness (QED) is 0.215. The molecule has 0 radical (unpaired) electrons. The SMILES string of the molecule is [2H]C([2H])([2H])c1cnc(-c2cccc3c2oc2c(C#N)c(-c4ccc(N(c5ccccc5)c5ccccc5)cc4)ccc23)cc1C([2H])([2H])[2H]. The van der Waals surface area contributed by atoms with Crippen LogP contribution in [0.25, 0.3) is 44.3 Å². The van der Waals surface area contributed by atoms with Crippen molar-refractivity contribution >= 4 is 39.0 Å². The van der Waals surface area contributed by atoms with E-state index in [1.165, 1.54) is 6.07 Å². The molecule has 0 fully saturated rings. The first-order chi connectivity index (χ1) is 23.0. The average Bonchev–Trinajstić information content (AvgIpc) is 3.47. The zero-order chi connectivity index (χ0) is 33.6. The molecule has 200 valence electrons. The first kappa shape index (κ1) is 19.4. The summed E-state index contributed by atoms with van der Waals surface area (Å²) in [5.74, 6) is 0. The van der Waals surface area contributed by atoms with Gasteiger partial charge < -0.3 is 9.32 Å². The third kappa shape index (κ3) is 4.29. The molecule has 0 saturated carbocycles. The molecule has 42 heavy (non-hydrogen) atoms. The molecule has 7 rings (SSSR count). The van der Waals surface area contributed by atoms with E-state index in [0.29, 0.717) is 27.9 Å². The third-order valence-electron chi connectivity index (χ3n) is 7.42. The molecule has 7 aromatic rings. The summed E-state index contributed by atoms with van der Waals surface area (Å²) >= 11 is 0. The van der Waals surface area contributed by atoms with Gasteiger partial charge in [0.15, 0.2) is 5.58 Å². The molecule has 4 nitrogen and oxygen atoms in total. The Balaban J connectivity index is 1.33. The van der Waals surface area contributed by atoms with Crippen LogP contribution in [0.3, 0.4) is 0 Å². The van der Waals surface area contributed by atoms with Gasteiger partial charge in [-0.05, 0) is 85.0 Å². The standard InChI is InChI=1S/C38H27N3O/c1-25-22-36(40-24-26(25)2)34-15-9-14-32-33-21-20-31(35(23-39)38(33)42-37(32)34)27-16-18-30(19-17-27)41(28-10-5-3-6-11-28)29-12-7-4-8-13-29/h3-22,24H,1-2H3/i1D3,2D3. The van der Waals surface area contributed by atoms with Gasteiger partial charge in [-0.15, -0.1) is 0 Å². The van der Waals surface area contributed by atoms with E-state index in [1.807, 2.05) is 78.9 Å². The second-order valence-electron chi connectivity index (χ2n) is 9.93. The summed E-state index contributed by atoms with van der Waals surface area (Å²) in [4.78, 5) is 6.51. The summed E-state index contributed by atoms with van der Waals surface area (Å²) in [6.45, 7) is -5.31. The number of hydrogen-bond donors (Lipinski definition) is 0. The van der Waals surface area contributed by atoms with E-state index >= 15 is 0 Å². The fourth-order valence-electron chi connectivity index (χ4n) is 5.41. The number of benzene rings is 5. The van der Waals surface area contributed by atoms with Crippen LogP contribution >= 0.6 is 0 Å². The summed E-state index contributed by atoms with van der Waals surface area (Å²) in [6, 6.07) is 41.1. The molecule has 0 bridgehead atoms. The van der Waals surface area contributed by atoms with E-state index in [0.717, 1.165) is 39.6 Å². The number of hydrogen-bond acceptors (Lipinski definition) is 4. The van der Waals surface area contributed by atoms with Crippen molar-refractivity contribution in [1.82, 2.24) is 4.98 Å². The molecule has 0 N–H and O–H groups in total. The Hall–Kier alpha value is -5.66. The zero-order valence-corrected chi connectivity index (χ0v) is 22.4. The minimum absolute atomic E-state index is 0.259. The van der Waals surface area contributed by atoms with Crippen molar-refractivity contribution in [2.45, 2.75) is 13.7 Å². The minimum Gasteiger partial charge on any atom is -0.454 e. The number of pyridine rings is 1. The smallest absolute Gasteiger partial charge is 0.153 e. The molecule has 0 unspecified atom stereocenters. The molecular formula is C38H27N3O. The third-order valence-corrected chi connectivity index (χ3v) is 7.42. The average molecular weight is 548 g/mol. The van der Waals surface area contributed by atoms with Crippen LogP contribution in [-0.2, 0) is 0 Å². The summed E-state index contributed by atoms with van der Waals surface area (Å²) in [5.41, 5.74) is 5.84. The molecular weight excluding hydrogens is 514 g/mol. The van der Waals surface area contributed by atoms with Gasteiger partial charge in [0.1, 0.15) is 17.2 Å². The number of nitriles is 1. The van der Waals surface area contributed by atoms with Crippen LogP contribution in [0, 0.1) is 25.0 Å². The number of furan rings is 1. The van der Waals surface area contributed by atoms with Crippen LogP contribution in [0.15, 0.2) is 132 Å². The summed E-state index contributed by atoms with van der Waals surface area (Å²) in [6.07, 6.45) is 1.10. The number of fused-ring (bicyclic) bond motifs is 3. The lowest BCUT2D eigenvalue weighted by molar-refractivity contribution is 0.668. The largest absolute Gasteiger partial charge is 0.454 e. The van der Waals surface area contributed by atoms with Gasteiger partial charge in [0.2, 0.25) is 0 Å². The normalized spacial score (nSPS) is 13.8. The highest BCUT2D eigenvalue weighted by atomic mass is 16.3. The molecule has 0 amide bonds. The van der Waals surface area contributed by atoms with Crippen LogP contribution in [0.2, 0.25) is 0 Å². The van der Waals surface area contributed by atoms with Crippen molar-refractivity contribution in [2.75, 3.05) is 4.90 Å². The maximum atomic E-state index is 10.4. The molecule has 0 spiro atoms. The Morgan fingerprint density at radius 2 is 1.33 bits per heavy atom. The topological polar surface area (TPSA) is 53.1 Å². The Bertz CT molecular complexity index is 2280. The number of rotatable bonds is 5. The Kier molecular flexibility index (Phi) is 4.80. The predicted molar refractivity (Wildman–Crippen MR) is 171 cm³/mol. The highest BCUT2D eigenvalue weighted by Gasteiger charge is 2.19. The maximum Gasteiger partial charge on any atom is 0.153 e. The van der Waals surface area contributed by atoms with Crippen LogP contribution in [0.5, 0.6) is 0 Å². The van der Waals surface area contributed by atoms with E-state index in [-0.39, 0.29) is 16.8 Å². The molecule has 4 heteroatoms. The minimum atomic E-state index is -2.67. The fourth-order valence-corrected chi connectivity index (χ4v) is 5.41. The molecule has 2 aromatic heterocycles. The lowest BCUT2D eigenvalue weighted by Crippen LogP contribution is -2.09. The number of para-hydroxylation sites is 3. The van der Waals surface area contributed by atoms with Crippen LogP contribution in [0.1, 0.15) is 24.9 Å². The monoisotopic (exact) mass is 547 g/mol. The van der Waals surface area contributed by atoms with E-state index < -0.39 is 13.7 Å². The van der Waals surface area contributed by atoms with Crippen molar-refractivity contribution in [3.8, 4) is 28.5 Å². The number of aromatic nitrogens is 1. The number of aryl methyl sites for hydroxylation is 2. The van der Waals surface area contributed by atoms with Gasteiger partial charge in [0.25, 0.3) is 0 Å². The predicted octanol–water partition coefficient (Wildman–Crippen LogP) is 10.3. The van der Waals surface area contributed by atoms with Crippen molar-refractivity contribution in [3.05, 3.63) is 144 Å². The maximum absolute atomic E-state index is 10.4. The van der Waals surface area contributed by atoms with Crippen molar-refractivity contribution in [3.63, 3.8) is 0 Å². The van der Waals surface area contributed by atoms with Crippen molar-refractivity contribution in [2.24, 2.45) is 0 Å². The van der Waals surface area contributed by atoms with Crippen LogP contribution < -0.4 is 4.90 Å². The lowest BCUT2D eigenvalue weighted by Gasteiger charge is -2.25. The van der Waals surface area contributed by atoms with Crippen LogP contribution in [0.4, 0.5) is 17.1 Å². The van der Waals surface area contributed by atoms with Gasteiger partial charge in [0.05, 0.1) is 5.69 Å². The van der Waals surface area contributed by atoms with Crippen LogP contribution in [-0.4, -0.2) is 4.98 Å². The highest BCUT2D eigenvalue weighted by molar-refractivity contribution is 6.11. The lowest BCUT2D eigenvalue weighted by atomic mass is 9.97. The summed E-state index contributed by atoms with van der Waals surface area (Å²) in [7, 11) is 0. The van der Waals surface area contributed by atoms with E-state index in [9.17, 15) is 5.26 Å². The molecule has 0 aliphatic carbocycles. The second-order valence-corrected chi connectivity index (χ2v) is 9.93. The number of nitrogens with zero attached hydrogens (tertiary/aromatic N) is 3. The molecule has 5 aromatic carbocycles. The summed E-state index contributed by atoms with van der Waals surface area (Å²) in [5, 5.41) is 11.9. The molecule has 0 aliphatic heterocycles. The molecule has 0 atom stereocenters. The molecule has 0 aliphatic rings. The van der Waals surface area contributed by atoms with Gasteiger partial charge in [-0.3, -0.25) is 4.98 Å². The van der Waals surface area contributed by atoms with Crippen molar-refractivity contribution in [1.29, 1.82) is 5.26 Å². The van der Waals surface area contributed by atoms with Gasteiger partial charge >= 0.3 is 0 Å². The van der Waals surface area contributed by atoms with E-state index in [4.69, 9.17) is 12.6 Å². The highest BCUT2D eigenvalue weighted by Crippen LogP contribution is 2.41. The number of anilines is 3. The van der Waals surface area contributed by atoms with E-state index in [1.54, 1.807) is 12.1 Å². The molecule has 2 heterocycles.